The van der Waals surface area contributed by atoms with Crippen molar-refractivity contribution in [3.05, 3.63) is 156 Å². The van der Waals surface area contributed by atoms with Crippen LogP contribution in [0, 0.1) is 0 Å². The van der Waals surface area contributed by atoms with Gasteiger partial charge in [-0.05, 0) is 22.3 Å². The Hall–Kier alpha value is -3.50. The summed E-state index contributed by atoms with van der Waals surface area (Å²) in [6.07, 6.45) is 3.67. The number of benzene rings is 4. The molecule has 0 heterocycles. The van der Waals surface area contributed by atoms with Crippen LogP contribution in [-0.2, 0) is 34.0 Å². The SMILES string of the molecule is C1=C[C@@H](c2ccccc2)[C@@H](OCc2ccccc2)[C@H](OCc2ccccc2)[C@H]1OCc1ccccc1. The van der Waals surface area contributed by atoms with Gasteiger partial charge in [0.05, 0.1) is 25.9 Å². The van der Waals surface area contributed by atoms with Gasteiger partial charge < -0.3 is 14.2 Å². The van der Waals surface area contributed by atoms with Gasteiger partial charge in [0.15, 0.2) is 0 Å². The summed E-state index contributed by atoms with van der Waals surface area (Å²) in [6.45, 7) is 1.53. The topological polar surface area (TPSA) is 27.7 Å². The molecule has 0 saturated carbocycles. The van der Waals surface area contributed by atoms with Crippen LogP contribution in [0.5, 0.6) is 0 Å². The predicted molar refractivity (Wildman–Crippen MR) is 143 cm³/mol. The zero-order chi connectivity index (χ0) is 24.4. The van der Waals surface area contributed by atoms with Crippen LogP contribution in [-0.4, -0.2) is 18.3 Å². The summed E-state index contributed by atoms with van der Waals surface area (Å²) in [6, 6.07) is 41.4. The second-order valence-corrected chi connectivity index (χ2v) is 9.11. The third-order valence-electron chi connectivity index (χ3n) is 6.55. The van der Waals surface area contributed by atoms with E-state index in [0.717, 1.165) is 16.7 Å². The third kappa shape index (κ3) is 6.38. The molecule has 0 amide bonds. The molecule has 3 nitrogen and oxygen atoms in total. The average Bonchev–Trinajstić information content (AvgIpc) is 2.96. The molecule has 0 aliphatic heterocycles. The highest BCUT2D eigenvalue weighted by Crippen LogP contribution is 2.35. The van der Waals surface area contributed by atoms with Crippen LogP contribution in [0.3, 0.4) is 0 Å². The maximum atomic E-state index is 6.66. The Morgan fingerprint density at radius 1 is 0.417 bits per heavy atom. The molecule has 0 N–H and O–H groups in total. The van der Waals surface area contributed by atoms with E-state index in [1.54, 1.807) is 0 Å². The minimum Gasteiger partial charge on any atom is -0.370 e. The summed E-state index contributed by atoms with van der Waals surface area (Å²) in [7, 11) is 0. The molecule has 0 radical (unpaired) electrons. The lowest BCUT2D eigenvalue weighted by atomic mass is 9.83. The Bertz CT molecular complexity index is 1190. The lowest BCUT2D eigenvalue weighted by Crippen LogP contribution is -2.47. The molecule has 4 atom stereocenters. The molecule has 0 bridgehead atoms. The Balaban J connectivity index is 1.42. The average molecular weight is 477 g/mol. The van der Waals surface area contributed by atoms with Crippen molar-refractivity contribution in [1.82, 2.24) is 0 Å². The Labute approximate surface area is 214 Å². The fraction of sp³-hybridized carbons (Fsp3) is 0.212. The molecule has 0 unspecified atom stereocenters. The van der Waals surface area contributed by atoms with Gasteiger partial charge in [-0.15, -0.1) is 0 Å². The van der Waals surface area contributed by atoms with E-state index in [2.05, 4.69) is 72.8 Å². The molecular weight excluding hydrogens is 444 g/mol. The molecule has 4 aromatic rings. The van der Waals surface area contributed by atoms with Crippen molar-refractivity contribution < 1.29 is 14.2 Å². The van der Waals surface area contributed by atoms with Crippen LogP contribution in [0.25, 0.3) is 0 Å². The number of ether oxygens (including phenoxy) is 3. The zero-order valence-corrected chi connectivity index (χ0v) is 20.4. The van der Waals surface area contributed by atoms with Crippen LogP contribution in [0.15, 0.2) is 133 Å². The summed E-state index contributed by atoms with van der Waals surface area (Å²) in [5.74, 6) is 0.0623. The van der Waals surface area contributed by atoms with Crippen molar-refractivity contribution in [3.63, 3.8) is 0 Å². The van der Waals surface area contributed by atoms with Crippen molar-refractivity contribution in [3.8, 4) is 0 Å². The summed E-state index contributed by atoms with van der Waals surface area (Å²) >= 11 is 0. The van der Waals surface area contributed by atoms with Gasteiger partial charge in [-0.1, -0.05) is 133 Å². The number of rotatable bonds is 10. The standard InChI is InChI=1S/C33H32O3/c1-5-13-26(14-6-1)23-34-31-22-21-30(29-19-11-4-12-20-29)32(35-24-27-15-7-2-8-16-27)33(31)36-25-28-17-9-3-10-18-28/h1-22,30-33H,23-25H2/t30-,31-,32+,33+/m0/s1. The molecule has 182 valence electrons. The fourth-order valence-corrected chi connectivity index (χ4v) is 4.65. The van der Waals surface area contributed by atoms with Crippen molar-refractivity contribution in [2.45, 2.75) is 44.1 Å². The predicted octanol–water partition coefficient (Wildman–Crippen LogP) is 7.10. The maximum absolute atomic E-state index is 6.66. The molecule has 36 heavy (non-hydrogen) atoms. The van der Waals surface area contributed by atoms with Gasteiger partial charge in [0.1, 0.15) is 12.2 Å². The van der Waals surface area contributed by atoms with Crippen LogP contribution < -0.4 is 0 Å². The first-order chi connectivity index (χ1) is 17.9. The van der Waals surface area contributed by atoms with Crippen LogP contribution in [0.1, 0.15) is 28.2 Å². The van der Waals surface area contributed by atoms with Crippen molar-refractivity contribution >= 4 is 0 Å². The number of hydrogen-bond donors (Lipinski definition) is 0. The minimum absolute atomic E-state index is 0.0623. The number of hydrogen-bond acceptors (Lipinski definition) is 3. The van der Waals surface area contributed by atoms with Crippen molar-refractivity contribution in [2.75, 3.05) is 0 Å². The van der Waals surface area contributed by atoms with Crippen LogP contribution >= 0.6 is 0 Å². The van der Waals surface area contributed by atoms with E-state index in [4.69, 9.17) is 14.2 Å². The van der Waals surface area contributed by atoms with Crippen LogP contribution in [0.2, 0.25) is 0 Å². The van der Waals surface area contributed by atoms with Gasteiger partial charge >= 0.3 is 0 Å². The van der Waals surface area contributed by atoms with E-state index in [1.807, 2.05) is 60.7 Å². The van der Waals surface area contributed by atoms with Gasteiger partial charge in [-0.25, -0.2) is 0 Å². The molecule has 4 aromatic carbocycles. The molecular formula is C33H32O3. The smallest absolute Gasteiger partial charge is 0.115 e. The summed E-state index contributed by atoms with van der Waals surface area (Å²) < 4.78 is 19.7. The lowest BCUT2D eigenvalue weighted by molar-refractivity contribution is -0.147. The molecule has 1 aliphatic carbocycles. The van der Waals surface area contributed by atoms with Gasteiger partial charge in [-0.2, -0.15) is 0 Å². The monoisotopic (exact) mass is 476 g/mol. The van der Waals surface area contributed by atoms with Crippen molar-refractivity contribution in [1.29, 1.82) is 0 Å². The molecule has 1 aliphatic rings. The van der Waals surface area contributed by atoms with E-state index in [1.165, 1.54) is 5.56 Å². The molecule has 0 fully saturated rings. The molecule has 5 rings (SSSR count). The quantitative estimate of drug-likeness (QED) is 0.229. The van der Waals surface area contributed by atoms with E-state index in [-0.39, 0.29) is 24.2 Å². The normalized spacial score (nSPS) is 21.3. The highest BCUT2D eigenvalue weighted by Gasteiger charge is 2.39. The largest absolute Gasteiger partial charge is 0.370 e. The van der Waals surface area contributed by atoms with Gasteiger partial charge in [0.25, 0.3) is 0 Å². The molecule has 3 heteroatoms. The van der Waals surface area contributed by atoms with Gasteiger partial charge in [-0.3, -0.25) is 0 Å². The Morgan fingerprint density at radius 3 is 1.33 bits per heavy atom. The first kappa shape index (κ1) is 24.2. The van der Waals surface area contributed by atoms with Crippen LogP contribution in [0.4, 0.5) is 0 Å². The maximum Gasteiger partial charge on any atom is 0.115 e. The highest BCUT2D eigenvalue weighted by atomic mass is 16.6. The first-order valence-corrected chi connectivity index (χ1v) is 12.6. The summed E-state index contributed by atoms with van der Waals surface area (Å²) in [5, 5.41) is 0. The van der Waals surface area contributed by atoms with Gasteiger partial charge in [0, 0.05) is 5.92 Å². The first-order valence-electron chi connectivity index (χ1n) is 12.6. The van der Waals surface area contributed by atoms with E-state index in [0.29, 0.717) is 19.8 Å². The fourth-order valence-electron chi connectivity index (χ4n) is 4.65. The second kappa shape index (κ2) is 12.5. The van der Waals surface area contributed by atoms with Crippen molar-refractivity contribution in [2.24, 2.45) is 0 Å². The Morgan fingerprint density at radius 2 is 0.833 bits per heavy atom. The van der Waals surface area contributed by atoms with E-state index < -0.39 is 0 Å². The Kier molecular flexibility index (Phi) is 8.38. The molecule has 0 saturated heterocycles. The second-order valence-electron chi connectivity index (χ2n) is 9.11. The molecule has 0 spiro atoms. The summed E-state index contributed by atoms with van der Waals surface area (Å²) in [4.78, 5) is 0. The van der Waals surface area contributed by atoms with Gasteiger partial charge in [0.2, 0.25) is 0 Å². The zero-order valence-electron chi connectivity index (χ0n) is 20.4. The summed E-state index contributed by atoms with van der Waals surface area (Å²) in [5.41, 5.74) is 4.62. The highest BCUT2D eigenvalue weighted by molar-refractivity contribution is 5.29. The third-order valence-corrected chi connectivity index (χ3v) is 6.55. The van der Waals surface area contributed by atoms with E-state index in [9.17, 15) is 0 Å². The minimum atomic E-state index is -0.271. The lowest BCUT2D eigenvalue weighted by Gasteiger charge is -2.39. The van der Waals surface area contributed by atoms with E-state index >= 15 is 0 Å². The molecule has 0 aromatic heterocycles.